The quantitative estimate of drug-likeness (QED) is 0.802. The van der Waals surface area contributed by atoms with Gasteiger partial charge in [-0.05, 0) is 17.7 Å². The lowest BCUT2D eigenvalue weighted by molar-refractivity contribution is 0.281. The molecule has 0 aliphatic rings. The Labute approximate surface area is 80.6 Å². The van der Waals surface area contributed by atoms with E-state index in [1.54, 1.807) is 18.2 Å². The molecule has 0 heterocycles. The molecule has 0 amide bonds. The molecule has 3 heteroatoms. The number of nitriles is 1. The number of rotatable bonds is 1. The average molecular weight is 228 g/mol. The largest absolute Gasteiger partial charge is 0.392 e. The van der Waals surface area contributed by atoms with Gasteiger partial charge < -0.3 is 5.11 Å². The summed E-state index contributed by atoms with van der Waals surface area (Å²) in [6.45, 7) is -0.00765. The molecule has 1 N–H and O–H groups in total. The molecule has 0 saturated carbocycles. The third-order valence-electron chi connectivity index (χ3n) is 1.35. The van der Waals surface area contributed by atoms with Crippen LogP contribution in [0.1, 0.15) is 18.6 Å². The summed E-state index contributed by atoms with van der Waals surface area (Å²) in [5.41, 5.74) is 1.39. The second kappa shape index (κ2) is 4.91. The first-order valence-electron chi connectivity index (χ1n) is 3.07. The van der Waals surface area contributed by atoms with Crippen molar-refractivity contribution in [2.75, 3.05) is 0 Å². The van der Waals surface area contributed by atoms with Crippen LogP contribution in [0.25, 0.3) is 0 Å². The normalized spacial score (nSPS) is 8.42. The van der Waals surface area contributed by atoms with Gasteiger partial charge in [-0.1, -0.05) is 29.4 Å². The van der Waals surface area contributed by atoms with Crippen molar-refractivity contribution in [3.63, 3.8) is 0 Å². The molecule has 12 heavy (non-hydrogen) atoms. The first-order valence-corrected chi connectivity index (χ1v) is 3.86. The zero-order valence-corrected chi connectivity index (χ0v) is 7.30. The summed E-state index contributed by atoms with van der Waals surface area (Å²) in [5.74, 6) is 0. The number of hydrogen-bond acceptors (Lipinski definition) is 2. The molecule has 0 radical (unpaired) electrons. The smallest absolute Gasteiger partial charge is 0.0992 e. The highest BCUT2D eigenvalue weighted by molar-refractivity contribution is 9.10. The Morgan fingerprint density at radius 2 is 2.17 bits per heavy atom. The molecule has 64 valence electrons. The molecule has 0 unspecified atom stereocenters. The molecule has 0 saturated heterocycles. The monoisotopic (exact) mass is 227 g/mol. The van der Waals surface area contributed by atoms with Crippen LogP contribution in [0.15, 0.2) is 22.7 Å². The van der Waals surface area contributed by atoms with Gasteiger partial charge in [0.1, 0.15) is 0 Å². The van der Waals surface area contributed by atoms with Crippen LogP contribution in [0.2, 0.25) is 0 Å². The van der Waals surface area contributed by atoms with Crippen LogP contribution in [-0.2, 0) is 6.61 Å². The summed E-state index contributed by atoms with van der Waals surface area (Å²) < 4.78 is 0.777. The first kappa shape index (κ1) is 11.2. The highest BCUT2D eigenvalue weighted by atomic mass is 79.9. The maximum absolute atomic E-state index is 8.77. The Morgan fingerprint density at radius 3 is 2.58 bits per heavy atom. The van der Waals surface area contributed by atoms with Crippen molar-refractivity contribution in [1.29, 1.82) is 5.26 Å². The van der Waals surface area contributed by atoms with Crippen molar-refractivity contribution in [2.45, 2.75) is 14.0 Å². The van der Waals surface area contributed by atoms with E-state index in [0.717, 1.165) is 10.0 Å². The zero-order valence-electron chi connectivity index (χ0n) is 5.71. The van der Waals surface area contributed by atoms with E-state index >= 15 is 0 Å². The standard InChI is InChI=1S/C8H6BrNO.CH4/c9-8-3-6(4-10)1-2-7(8)5-11;/h1-3,11H,5H2;1H4. The minimum atomic E-state index is -0.00765. The molecule has 0 aromatic heterocycles. The Balaban J connectivity index is 0.00000121. The molecule has 0 aliphatic heterocycles. The Bertz CT molecular complexity index is 304. The van der Waals surface area contributed by atoms with E-state index in [1.165, 1.54) is 0 Å². The number of halogens is 1. The lowest BCUT2D eigenvalue weighted by Gasteiger charge is -1.98. The van der Waals surface area contributed by atoms with Gasteiger partial charge in [-0.3, -0.25) is 0 Å². The van der Waals surface area contributed by atoms with E-state index in [4.69, 9.17) is 10.4 Å². The Morgan fingerprint density at radius 1 is 1.50 bits per heavy atom. The molecule has 0 fully saturated rings. The second-order valence-electron chi connectivity index (χ2n) is 2.08. The van der Waals surface area contributed by atoms with Gasteiger partial charge in [-0.2, -0.15) is 5.26 Å². The van der Waals surface area contributed by atoms with Crippen molar-refractivity contribution in [1.82, 2.24) is 0 Å². The summed E-state index contributed by atoms with van der Waals surface area (Å²) >= 11 is 3.24. The zero-order chi connectivity index (χ0) is 8.27. The fourth-order valence-electron chi connectivity index (χ4n) is 0.745. The van der Waals surface area contributed by atoms with Gasteiger partial charge in [0.2, 0.25) is 0 Å². The minimum absolute atomic E-state index is 0. The molecule has 0 aliphatic carbocycles. The van der Waals surface area contributed by atoms with E-state index in [1.807, 2.05) is 6.07 Å². The van der Waals surface area contributed by atoms with Gasteiger partial charge in [0.05, 0.1) is 18.2 Å². The molecule has 2 nitrogen and oxygen atoms in total. The molecular weight excluding hydrogens is 218 g/mol. The first-order chi connectivity index (χ1) is 5.27. The average Bonchev–Trinajstić information content (AvgIpc) is 2.04. The molecule has 0 bridgehead atoms. The van der Waals surface area contributed by atoms with Crippen LogP contribution in [0.3, 0.4) is 0 Å². The Hall–Kier alpha value is -0.850. The van der Waals surface area contributed by atoms with E-state index in [0.29, 0.717) is 5.56 Å². The van der Waals surface area contributed by atoms with Gasteiger partial charge in [0, 0.05) is 4.47 Å². The van der Waals surface area contributed by atoms with Crippen LogP contribution >= 0.6 is 15.9 Å². The summed E-state index contributed by atoms with van der Waals surface area (Å²) in [5, 5.41) is 17.3. The second-order valence-corrected chi connectivity index (χ2v) is 2.93. The van der Waals surface area contributed by atoms with Crippen LogP contribution in [-0.4, -0.2) is 5.11 Å². The highest BCUT2D eigenvalue weighted by Gasteiger charge is 1.98. The van der Waals surface area contributed by atoms with Gasteiger partial charge in [-0.25, -0.2) is 0 Å². The molecular formula is C9H10BrNO. The minimum Gasteiger partial charge on any atom is -0.392 e. The van der Waals surface area contributed by atoms with E-state index in [2.05, 4.69) is 15.9 Å². The van der Waals surface area contributed by atoms with E-state index < -0.39 is 0 Å². The van der Waals surface area contributed by atoms with Crippen LogP contribution < -0.4 is 0 Å². The van der Waals surface area contributed by atoms with Crippen LogP contribution in [0.4, 0.5) is 0 Å². The number of aliphatic hydroxyl groups is 1. The topological polar surface area (TPSA) is 44.0 Å². The summed E-state index contributed by atoms with van der Waals surface area (Å²) in [7, 11) is 0. The lowest BCUT2D eigenvalue weighted by atomic mass is 10.2. The molecule has 1 aromatic rings. The lowest BCUT2D eigenvalue weighted by Crippen LogP contribution is -1.85. The van der Waals surface area contributed by atoms with Gasteiger partial charge in [0.15, 0.2) is 0 Å². The SMILES string of the molecule is C.N#Cc1ccc(CO)c(Br)c1. The van der Waals surface area contributed by atoms with Crippen molar-refractivity contribution < 1.29 is 5.11 Å². The maximum Gasteiger partial charge on any atom is 0.0992 e. The number of nitrogens with zero attached hydrogens (tertiary/aromatic N) is 1. The fourth-order valence-corrected chi connectivity index (χ4v) is 1.25. The van der Waals surface area contributed by atoms with E-state index in [-0.39, 0.29) is 14.0 Å². The third-order valence-corrected chi connectivity index (χ3v) is 2.09. The number of aliphatic hydroxyl groups excluding tert-OH is 1. The Kier molecular flexibility index (Phi) is 4.57. The van der Waals surface area contributed by atoms with E-state index in [9.17, 15) is 0 Å². The van der Waals surface area contributed by atoms with Crippen LogP contribution in [0.5, 0.6) is 0 Å². The van der Waals surface area contributed by atoms with Crippen molar-refractivity contribution in [2.24, 2.45) is 0 Å². The molecule has 0 spiro atoms. The van der Waals surface area contributed by atoms with Crippen LogP contribution in [0, 0.1) is 11.3 Å². The molecule has 1 rings (SSSR count). The van der Waals surface area contributed by atoms with Crippen molar-refractivity contribution >= 4 is 15.9 Å². The third kappa shape index (κ3) is 2.33. The molecule has 1 aromatic carbocycles. The summed E-state index contributed by atoms with van der Waals surface area (Å²) in [6, 6.07) is 7.10. The highest BCUT2D eigenvalue weighted by Crippen LogP contribution is 2.17. The fraction of sp³-hybridized carbons (Fsp3) is 0.222. The van der Waals surface area contributed by atoms with Crippen molar-refractivity contribution in [3.8, 4) is 6.07 Å². The predicted molar refractivity (Wildman–Crippen MR) is 51.5 cm³/mol. The van der Waals surface area contributed by atoms with Crippen molar-refractivity contribution in [3.05, 3.63) is 33.8 Å². The van der Waals surface area contributed by atoms with Gasteiger partial charge in [0.25, 0.3) is 0 Å². The number of hydrogen-bond donors (Lipinski definition) is 1. The number of benzene rings is 1. The maximum atomic E-state index is 8.77. The summed E-state index contributed by atoms with van der Waals surface area (Å²) in [6.07, 6.45) is 0. The summed E-state index contributed by atoms with van der Waals surface area (Å²) in [4.78, 5) is 0. The van der Waals surface area contributed by atoms with Gasteiger partial charge >= 0.3 is 0 Å². The predicted octanol–water partition coefficient (Wildman–Crippen LogP) is 2.45. The van der Waals surface area contributed by atoms with Gasteiger partial charge in [-0.15, -0.1) is 0 Å². The molecule has 0 atom stereocenters.